The molecule has 0 aromatic carbocycles. The van der Waals surface area contributed by atoms with Crippen molar-refractivity contribution in [2.75, 3.05) is 34.3 Å². The van der Waals surface area contributed by atoms with Gasteiger partial charge in [-0.15, -0.1) is 0 Å². The predicted octanol–water partition coefficient (Wildman–Crippen LogP) is 5.15. The van der Waals surface area contributed by atoms with Gasteiger partial charge in [-0.25, -0.2) is 4.57 Å². The number of hydrogen-bond donors (Lipinski definition) is 2. The van der Waals surface area contributed by atoms with E-state index in [4.69, 9.17) is 14.2 Å². The van der Waals surface area contributed by atoms with Crippen molar-refractivity contribution in [1.29, 1.82) is 0 Å². The van der Waals surface area contributed by atoms with Crippen molar-refractivity contribution in [1.82, 2.24) is 0 Å². The van der Waals surface area contributed by atoms with Gasteiger partial charge in [-0.3, -0.25) is 13.8 Å². The fourth-order valence-electron chi connectivity index (χ4n) is 3.05. The lowest BCUT2D eigenvalue weighted by atomic mass is 10.1. The zero-order valence-electron chi connectivity index (χ0n) is 18.8. The van der Waals surface area contributed by atoms with Gasteiger partial charge in [0.15, 0.2) is 0 Å². The van der Waals surface area contributed by atoms with E-state index in [2.05, 4.69) is 19.1 Å². The zero-order valence-corrected chi connectivity index (χ0v) is 19.7. The van der Waals surface area contributed by atoms with Crippen LogP contribution in [0, 0.1) is 0 Å². The topological polar surface area (TPSA) is 93.1 Å². The van der Waals surface area contributed by atoms with Crippen LogP contribution in [0.4, 0.5) is 0 Å². The molecule has 0 radical (unpaired) electrons. The van der Waals surface area contributed by atoms with E-state index in [1.807, 2.05) is 21.1 Å². The van der Waals surface area contributed by atoms with Crippen molar-refractivity contribution in [3.05, 3.63) is 12.2 Å². The summed E-state index contributed by atoms with van der Waals surface area (Å²) < 4.78 is 22.7. The Balaban J connectivity index is 3.86. The van der Waals surface area contributed by atoms with Gasteiger partial charge in [0, 0.05) is 0 Å². The largest absolute Gasteiger partial charge is 0.481 e. The quantitative estimate of drug-likeness (QED) is 0.126. The zero-order chi connectivity index (χ0) is 22.2. The second-order valence-corrected chi connectivity index (χ2v) is 10.0. The summed E-state index contributed by atoms with van der Waals surface area (Å²) in [6.07, 6.45) is 14.4. The molecule has 7 nitrogen and oxygen atoms in total. The normalized spacial score (nSPS) is 15.5. The lowest BCUT2D eigenvalue weighted by molar-refractivity contribution is -0.873. The van der Waals surface area contributed by atoms with Crippen molar-refractivity contribution >= 4 is 13.8 Å². The fraction of sp³-hybridized carbons (Fsp3) is 0.857. The molecular formula is C21H43NO6P+. The first-order valence-corrected chi connectivity index (χ1v) is 12.4. The van der Waals surface area contributed by atoms with Crippen LogP contribution in [0.1, 0.15) is 77.6 Å². The van der Waals surface area contributed by atoms with Crippen LogP contribution in [-0.4, -0.2) is 60.9 Å². The van der Waals surface area contributed by atoms with Gasteiger partial charge in [-0.1, -0.05) is 57.6 Å². The van der Waals surface area contributed by atoms with Gasteiger partial charge in [0.1, 0.15) is 12.6 Å². The number of phosphoric ester groups is 1. The summed E-state index contributed by atoms with van der Waals surface area (Å²) in [5.74, 6) is -1.07. The third-order valence-electron chi connectivity index (χ3n) is 4.36. The first-order valence-electron chi connectivity index (χ1n) is 10.9. The first-order chi connectivity index (χ1) is 13.6. The van der Waals surface area contributed by atoms with E-state index >= 15 is 0 Å². The fourth-order valence-corrected chi connectivity index (χ4v) is 3.99. The van der Waals surface area contributed by atoms with Crippen LogP contribution in [-0.2, 0) is 18.4 Å². The lowest BCUT2D eigenvalue weighted by Gasteiger charge is -2.29. The molecule has 0 fully saturated rings. The Kier molecular flexibility index (Phi) is 15.6. The number of nitrogens with zero attached hydrogens (tertiary/aromatic N) is 1. The SMILES string of the molecule is CCC=CCCCCCCCCCCOP(=O)(O)O[C@H](CC(=O)O)C[N+](C)(C)C. The number of aliphatic carboxylic acids is 1. The van der Waals surface area contributed by atoms with Crippen LogP contribution >= 0.6 is 7.82 Å². The Hall–Kier alpha value is -0.720. The standard InChI is InChI=1S/C21H42NO6P/c1-5-6-7-8-9-10-11-12-13-14-15-16-17-27-29(25,26)28-20(18-21(23)24)19-22(2,3)4/h6-7,20H,5,8-19H2,1-4H3,(H-,23,24,25,26)/p+1/t20-/m1/s1. The summed E-state index contributed by atoms with van der Waals surface area (Å²) in [6.45, 7) is 2.59. The maximum absolute atomic E-state index is 12.1. The van der Waals surface area contributed by atoms with Crippen LogP contribution in [0.15, 0.2) is 12.2 Å². The molecule has 8 heteroatoms. The summed E-state index contributed by atoms with van der Waals surface area (Å²) in [6, 6.07) is 0. The van der Waals surface area contributed by atoms with Crippen LogP contribution in [0.5, 0.6) is 0 Å². The Morgan fingerprint density at radius 2 is 1.55 bits per heavy atom. The predicted molar refractivity (Wildman–Crippen MR) is 117 cm³/mol. The Morgan fingerprint density at radius 1 is 1.00 bits per heavy atom. The number of quaternary nitrogens is 1. The average molecular weight is 437 g/mol. The van der Waals surface area contributed by atoms with Gasteiger partial charge in [0.25, 0.3) is 0 Å². The minimum absolute atomic E-state index is 0.141. The monoisotopic (exact) mass is 436 g/mol. The van der Waals surface area contributed by atoms with Gasteiger partial charge in [0.05, 0.1) is 34.2 Å². The molecular weight excluding hydrogens is 393 g/mol. The van der Waals surface area contributed by atoms with Crippen LogP contribution in [0.25, 0.3) is 0 Å². The van der Waals surface area contributed by atoms with Gasteiger partial charge in [-0.2, -0.15) is 0 Å². The Bertz CT molecular complexity index is 504. The summed E-state index contributed by atoms with van der Waals surface area (Å²) in [5.41, 5.74) is 0. The number of carboxylic acids is 1. The van der Waals surface area contributed by atoms with Crippen molar-refractivity contribution in [2.45, 2.75) is 83.7 Å². The van der Waals surface area contributed by atoms with E-state index in [9.17, 15) is 14.3 Å². The first kappa shape index (κ1) is 28.3. The molecule has 1 unspecified atom stereocenters. The number of hydrogen-bond acceptors (Lipinski definition) is 4. The van der Waals surface area contributed by atoms with Crippen molar-refractivity contribution < 1.29 is 32.9 Å². The van der Waals surface area contributed by atoms with Gasteiger partial charge in [-0.05, 0) is 25.7 Å². The minimum atomic E-state index is -4.25. The molecule has 0 amide bonds. The number of carboxylic acid groups (broad SMARTS) is 1. The van der Waals surface area contributed by atoms with Crippen LogP contribution < -0.4 is 0 Å². The maximum Gasteiger partial charge on any atom is 0.472 e. The lowest BCUT2D eigenvalue weighted by Crippen LogP contribution is -2.42. The van der Waals surface area contributed by atoms with E-state index in [-0.39, 0.29) is 13.0 Å². The number of allylic oxidation sites excluding steroid dienone is 2. The summed E-state index contributed by atoms with van der Waals surface area (Å²) in [4.78, 5) is 20.8. The molecule has 2 atom stereocenters. The third kappa shape index (κ3) is 20.3. The number of likely N-dealkylation sites (N-methyl/N-ethyl adjacent to an activating group) is 1. The van der Waals surface area contributed by atoms with E-state index in [1.165, 1.54) is 38.5 Å². The molecule has 0 heterocycles. The number of phosphoric acid groups is 1. The number of rotatable bonds is 19. The molecule has 0 aliphatic heterocycles. The molecule has 29 heavy (non-hydrogen) atoms. The third-order valence-corrected chi connectivity index (χ3v) is 5.43. The van der Waals surface area contributed by atoms with Crippen molar-refractivity contribution in [3.63, 3.8) is 0 Å². The van der Waals surface area contributed by atoms with E-state index in [1.54, 1.807) is 0 Å². The molecule has 172 valence electrons. The number of unbranched alkanes of at least 4 members (excludes halogenated alkanes) is 8. The summed E-state index contributed by atoms with van der Waals surface area (Å²) >= 11 is 0. The number of carbonyl (C=O) groups is 1. The van der Waals surface area contributed by atoms with Crippen molar-refractivity contribution in [2.24, 2.45) is 0 Å². The van der Waals surface area contributed by atoms with Gasteiger partial charge < -0.3 is 14.5 Å². The molecule has 2 N–H and O–H groups in total. The van der Waals surface area contributed by atoms with Crippen LogP contribution in [0.3, 0.4) is 0 Å². The molecule has 0 rings (SSSR count). The molecule has 0 saturated carbocycles. The highest BCUT2D eigenvalue weighted by Gasteiger charge is 2.31. The summed E-state index contributed by atoms with van der Waals surface area (Å²) in [7, 11) is 1.35. The molecule has 0 bridgehead atoms. The Labute approximate surface area is 177 Å². The molecule has 0 aliphatic rings. The Morgan fingerprint density at radius 3 is 2.07 bits per heavy atom. The highest BCUT2D eigenvalue weighted by atomic mass is 31.2. The average Bonchev–Trinajstić information content (AvgIpc) is 2.56. The smallest absolute Gasteiger partial charge is 0.472 e. The van der Waals surface area contributed by atoms with E-state index < -0.39 is 19.9 Å². The van der Waals surface area contributed by atoms with Gasteiger partial charge in [0.2, 0.25) is 0 Å². The maximum atomic E-state index is 12.1. The van der Waals surface area contributed by atoms with E-state index in [0.717, 1.165) is 19.3 Å². The molecule has 0 saturated heterocycles. The van der Waals surface area contributed by atoms with Gasteiger partial charge >= 0.3 is 13.8 Å². The molecule has 0 aliphatic carbocycles. The minimum Gasteiger partial charge on any atom is -0.481 e. The molecule has 0 spiro atoms. The summed E-state index contributed by atoms with van der Waals surface area (Å²) in [5, 5.41) is 8.97. The second kappa shape index (κ2) is 16.0. The molecule has 0 aromatic rings. The van der Waals surface area contributed by atoms with E-state index in [0.29, 0.717) is 17.4 Å². The second-order valence-electron chi connectivity index (χ2n) is 8.60. The van der Waals surface area contributed by atoms with Crippen LogP contribution in [0.2, 0.25) is 0 Å². The highest BCUT2D eigenvalue weighted by molar-refractivity contribution is 7.47. The highest BCUT2D eigenvalue weighted by Crippen LogP contribution is 2.45. The van der Waals surface area contributed by atoms with Crippen molar-refractivity contribution in [3.8, 4) is 0 Å². The molecule has 0 aromatic heterocycles.